The summed E-state index contributed by atoms with van der Waals surface area (Å²) in [5, 5.41) is 2.04. The SMILES string of the molecule is C=CC(=O)OC(CC)COc1ccc2ccc(OCC(CC)OC(=O)C=C)c(C)c2c1. The highest BCUT2D eigenvalue weighted by Crippen LogP contribution is 2.30. The molecule has 0 radical (unpaired) electrons. The van der Waals surface area contributed by atoms with Gasteiger partial charge in [0.1, 0.15) is 36.9 Å². The lowest BCUT2D eigenvalue weighted by Crippen LogP contribution is -2.23. The molecule has 2 rings (SSSR count). The molecular formula is C25H30O6. The maximum atomic E-state index is 11.4. The van der Waals surface area contributed by atoms with Gasteiger partial charge in [0.05, 0.1) is 0 Å². The van der Waals surface area contributed by atoms with E-state index in [-0.39, 0.29) is 25.4 Å². The third kappa shape index (κ3) is 6.88. The molecule has 0 aliphatic rings. The lowest BCUT2D eigenvalue weighted by molar-refractivity contribution is -0.145. The van der Waals surface area contributed by atoms with Gasteiger partial charge < -0.3 is 18.9 Å². The summed E-state index contributed by atoms with van der Waals surface area (Å²) in [5.41, 5.74) is 0.956. The van der Waals surface area contributed by atoms with E-state index in [1.165, 1.54) is 0 Å². The third-order valence-corrected chi connectivity index (χ3v) is 4.88. The van der Waals surface area contributed by atoms with Crippen molar-refractivity contribution in [3.05, 3.63) is 61.2 Å². The summed E-state index contributed by atoms with van der Waals surface area (Å²) in [4.78, 5) is 22.9. The van der Waals surface area contributed by atoms with E-state index in [0.717, 1.165) is 28.5 Å². The van der Waals surface area contributed by atoms with Crippen molar-refractivity contribution in [2.24, 2.45) is 0 Å². The van der Waals surface area contributed by atoms with Crippen molar-refractivity contribution in [1.29, 1.82) is 0 Å². The Morgan fingerprint density at radius 1 is 0.903 bits per heavy atom. The minimum atomic E-state index is -0.462. The first-order valence-electron chi connectivity index (χ1n) is 10.4. The highest BCUT2D eigenvalue weighted by Gasteiger charge is 2.14. The van der Waals surface area contributed by atoms with Crippen molar-refractivity contribution in [3.63, 3.8) is 0 Å². The molecule has 166 valence electrons. The number of aryl methyl sites for hydroxylation is 1. The van der Waals surface area contributed by atoms with Crippen LogP contribution in [0.15, 0.2) is 55.6 Å². The number of esters is 2. The van der Waals surface area contributed by atoms with Crippen LogP contribution in [0, 0.1) is 6.92 Å². The molecule has 0 amide bonds. The Kier molecular flexibility index (Phi) is 9.13. The van der Waals surface area contributed by atoms with Gasteiger partial charge in [-0.1, -0.05) is 39.1 Å². The number of benzene rings is 2. The average Bonchev–Trinajstić information content (AvgIpc) is 2.80. The normalized spacial score (nSPS) is 12.5. The van der Waals surface area contributed by atoms with E-state index >= 15 is 0 Å². The van der Waals surface area contributed by atoms with Crippen LogP contribution in [0.5, 0.6) is 11.5 Å². The van der Waals surface area contributed by atoms with Crippen molar-refractivity contribution >= 4 is 22.7 Å². The number of fused-ring (bicyclic) bond motifs is 1. The predicted molar refractivity (Wildman–Crippen MR) is 120 cm³/mol. The number of hydrogen-bond acceptors (Lipinski definition) is 6. The molecule has 0 heterocycles. The molecule has 0 aliphatic carbocycles. The maximum absolute atomic E-state index is 11.4. The van der Waals surface area contributed by atoms with Gasteiger partial charge in [0.25, 0.3) is 0 Å². The zero-order valence-electron chi connectivity index (χ0n) is 18.4. The topological polar surface area (TPSA) is 71.1 Å². The second-order valence-electron chi connectivity index (χ2n) is 7.04. The number of hydrogen-bond donors (Lipinski definition) is 0. The van der Waals surface area contributed by atoms with Crippen molar-refractivity contribution in [1.82, 2.24) is 0 Å². The van der Waals surface area contributed by atoms with Gasteiger partial charge >= 0.3 is 11.9 Å². The number of rotatable bonds is 12. The van der Waals surface area contributed by atoms with Gasteiger partial charge in [-0.05, 0) is 54.3 Å². The highest BCUT2D eigenvalue weighted by atomic mass is 16.6. The fourth-order valence-electron chi connectivity index (χ4n) is 2.94. The number of carbonyl (C=O) groups is 2. The molecule has 0 saturated carbocycles. The summed E-state index contributed by atoms with van der Waals surface area (Å²) in [6.45, 7) is 13.2. The Morgan fingerprint density at radius 2 is 1.45 bits per heavy atom. The van der Waals surface area contributed by atoms with Crippen LogP contribution >= 0.6 is 0 Å². The fraction of sp³-hybridized carbons (Fsp3) is 0.360. The molecule has 2 aromatic carbocycles. The van der Waals surface area contributed by atoms with Gasteiger partial charge in [-0.25, -0.2) is 9.59 Å². The largest absolute Gasteiger partial charge is 0.490 e. The molecule has 6 heteroatoms. The Morgan fingerprint density at radius 3 is 2.00 bits per heavy atom. The van der Waals surface area contributed by atoms with Crippen LogP contribution in [0.3, 0.4) is 0 Å². The van der Waals surface area contributed by atoms with E-state index in [1.54, 1.807) is 0 Å². The molecule has 2 unspecified atom stereocenters. The summed E-state index contributed by atoms with van der Waals surface area (Å²) in [6, 6.07) is 9.67. The molecule has 0 fully saturated rings. The monoisotopic (exact) mass is 426 g/mol. The van der Waals surface area contributed by atoms with Gasteiger partial charge in [0, 0.05) is 12.2 Å². The summed E-state index contributed by atoms with van der Waals surface area (Å²) in [5.74, 6) is 0.462. The Labute approximate surface area is 183 Å². The van der Waals surface area contributed by atoms with Crippen LogP contribution in [0.25, 0.3) is 10.8 Å². The van der Waals surface area contributed by atoms with Crippen LogP contribution in [0.4, 0.5) is 0 Å². The van der Waals surface area contributed by atoms with E-state index < -0.39 is 11.9 Å². The fourth-order valence-corrected chi connectivity index (χ4v) is 2.94. The molecule has 2 atom stereocenters. The van der Waals surface area contributed by atoms with E-state index in [1.807, 2.05) is 51.1 Å². The van der Waals surface area contributed by atoms with Crippen LogP contribution in [0.2, 0.25) is 0 Å². The quantitative estimate of drug-likeness (QED) is 0.354. The van der Waals surface area contributed by atoms with Gasteiger partial charge in [-0.15, -0.1) is 0 Å². The van der Waals surface area contributed by atoms with Crippen LogP contribution in [-0.2, 0) is 19.1 Å². The zero-order valence-corrected chi connectivity index (χ0v) is 18.4. The molecule has 0 spiro atoms. The molecule has 0 N–H and O–H groups in total. The van der Waals surface area contributed by atoms with Gasteiger partial charge in [-0.3, -0.25) is 0 Å². The summed E-state index contributed by atoms with van der Waals surface area (Å²) in [6.07, 6.45) is 2.87. The molecule has 2 aromatic rings. The molecule has 0 bridgehead atoms. The zero-order chi connectivity index (χ0) is 22.8. The lowest BCUT2D eigenvalue weighted by atomic mass is 10.0. The Balaban J connectivity index is 2.11. The molecule has 31 heavy (non-hydrogen) atoms. The average molecular weight is 427 g/mol. The van der Waals surface area contributed by atoms with E-state index in [0.29, 0.717) is 24.3 Å². The van der Waals surface area contributed by atoms with Crippen molar-refractivity contribution in [2.75, 3.05) is 13.2 Å². The first-order chi connectivity index (χ1) is 14.9. The van der Waals surface area contributed by atoms with E-state index in [9.17, 15) is 9.59 Å². The number of ether oxygens (including phenoxy) is 4. The molecule has 6 nitrogen and oxygen atoms in total. The second kappa shape index (κ2) is 11.8. The summed E-state index contributed by atoms with van der Waals surface area (Å²) < 4.78 is 22.3. The number of carbonyl (C=O) groups excluding carboxylic acids is 2. The molecular weight excluding hydrogens is 396 g/mol. The maximum Gasteiger partial charge on any atom is 0.330 e. The van der Waals surface area contributed by atoms with Crippen LogP contribution < -0.4 is 9.47 Å². The molecule has 0 saturated heterocycles. The molecule has 0 aliphatic heterocycles. The first kappa shape index (κ1) is 24.0. The minimum Gasteiger partial charge on any atom is -0.490 e. The van der Waals surface area contributed by atoms with Gasteiger partial charge in [-0.2, -0.15) is 0 Å². The smallest absolute Gasteiger partial charge is 0.330 e. The Hall–Kier alpha value is -3.28. The van der Waals surface area contributed by atoms with Crippen LogP contribution in [0.1, 0.15) is 32.3 Å². The van der Waals surface area contributed by atoms with E-state index in [4.69, 9.17) is 18.9 Å². The predicted octanol–water partition coefficient (Wildman–Crippen LogP) is 4.92. The standard InChI is InChI=1S/C25H30O6/c1-6-19(30-24(26)8-3)15-28-21-12-10-18-11-13-23(17(5)22(18)14-21)29-16-20(7-2)31-25(27)9-4/h8-14,19-20H,3-4,6-7,15-16H2,1-2,5H3. The van der Waals surface area contributed by atoms with Gasteiger partial charge in [0.15, 0.2) is 0 Å². The van der Waals surface area contributed by atoms with Crippen molar-refractivity contribution in [3.8, 4) is 11.5 Å². The third-order valence-electron chi connectivity index (χ3n) is 4.88. The highest BCUT2D eigenvalue weighted by molar-refractivity contribution is 5.88. The summed E-state index contributed by atoms with van der Waals surface area (Å²) in [7, 11) is 0. The van der Waals surface area contributed by atoms with Gasteiger partial charge in [0.2, 0.25) is 0 Å². The van der Waals surface area contributed by atoms with Crippen molar-refractivity contribution < 1.29 is 28.5 Å². The van der Waals surface area contributed by atoms with E-state index in [2.05, 4.69) is 13.2 Å². The second-order valence-corrected chi connectivity index (χ2v) is 7.04. The summed E-state index contributed by atoms with van der Waals surface area (Å²) >= 11 is 0. The van der Waals surface area contributed by atoms with Crippen LogP contribution in [-0.4, -0.2) is 37.4 Å². The molecule has 0 aromatic heterocycles. The first-order valence-corrected chi connectivity index (χ1v) is 10.4. The Bertz CT molecular complexity index is 928. The minimum absolute atomic E-state index is 0.254. The lowest BCUT2D eigenvalue weighted by Gasteiger charge is -2.18. The van der Waals surface area contributed by atoms with Crippen molar-refractivity contribution in [2.45, 2.75) is 45.8 Å².